The minimum Gasteiger partial charge on any atom is -0.454 e. The molecule has 4 heteroatoms. The van der Waals surface area contributed by atoms with Crippen molar-refractivity contribution in [1.29, 1.82) is 0 Å². The van der Waals surface area contributed by atoms with Crippen LogP contribution in [0.5, 0.6) is 11.5 Å². The van der Waals surface area contributed by atoms with E-state index in [0.717, 1.165) is 24.0 Å². The fraction of sp³-hybridized carbons (Fsp3) is 0.625. The molecule has 2 atom stereocenters. The van der Waals surface area contributed by atoms with E-state index < -0.39 is 0 Å². The van der Waals surface area contributed by atoms with Crippen LogP contribution in [-0.4, -0.2) is 38.4 Å². The van der Waals surface area contributed by atoms with Gasteiger partial charge in [0.05, 0.1) is 0 Å². The maximum atomic E-state index is 5.47. The minimum atomic E-state index is 0.341. The van der Waals surface area contributed by atoms with E-state index >= 15 is 0 Å². The van der Waals surface area contributed by atoms with Crippen LogP contribution in [0.3, 0.4) is 0 Å². The first kappa shape index (κ1) is 13.7. The van der Waals surface area contributed by atoms with Crippen LogP contribution in [0.25, 0.3) is 0 Å². The highest BCUT2D eigenvalue weighted by molar-refractivity contribution is 5.45. The van der Waals surface area contributed by atoms with Crippen molar-refractivity contribution in [3.63, 3.8) is 0 Å². The van der Waals surface area contributed by atoms with Gasteiger partial charge in [-0.1, -0.05) is 19.4 Å². The predicted molar refractivity (Wildman–Crippen MR) is 79.2 cm³/mol. The number of likely N-dealkylation sites (tertiary alicyclic amines) is 1. The molecule has 2 heterocycles. The van der Waals surface area contributed by atoms with Crippen molar-refractivity contribution in [3.05, 3.63) is 23.8 Å². The molecule has 20 heavy (non-hydrogen) atoms. The van der Waals surface area contributed by atoms with Gasteiger partial charge in [-0.2, -0.15) is 0 Å². The quantitative estimate of drug-likeness (QED) is 0.895. The number of fused-ring (bicyclic) bond motifs is 1. The van der Waals surface area contributed by atoms with Gasteiger partial charge in [0.1, 0.15) is 0 Å². The molecule has 4 nitrogen and oxygen atoms in total. The number of ether oxygens (including phenoxy) is 2. The molecule has 0 saturated carbocycles. The maximum Gasteiger partial charge on any atom is 0.231 e. The van der Waals surface area contributed by atoms with Gasteiger partial charge in [-0.25, -0.2) is 0 Å². The van der Waals surface area contributed by atoms with E-state index in [9.17, 15) is 0 Å². The molecule has 2 unspecified atom stereocenters. The largest absolute Gasteiger partial charge is 0.454 e. The Balaban J connectivity index is 1.67. The van der Waals surface area contributed by atoms with Gasteiger partial charge in [-0.15, -0.1) is 0 Å². The summed E-state index contributed by atoms with van der Waals surface area (Å²) < 4.78 is 10.9. The van der Waals surface area contributed by atoms with Crippen LogP contribution in [0.15, 0.2) is 18.2 Å². The van der Waals surface area contributed by atoms with Crippen molar-refractivity contribution in [2.24, 2.45) is 5.92 Å². The lowest BCUT2D eigenvalue weighted by atomic mass is 10.1. The number of hydrogen-bond donors (Lipinski definition) is 1. The van der Waals surface area contributed by atoms with Gasteiger partial charge < -0.3 is 19.7 Å². The average molecular weight is 276 g/mol. The second-order valence-corrected chi connectivity index (χ2v) is 5.78. The number of benzene rings is 1. The number of nitrogens with one attached hydrogen (secondary N) is 1. The lowest BCUT2D eigenvalue weighted by molar-refractivity contribution is 0.174. The second-order valence-electron chi connectivity index (χ2n) is 5.78. The van der Waals surface area contributed by atoms with Crippen LogP contribution in [0.2, 0.25) is 0 Å². The topological polar surface area (TPSA) is 33.7 Å². The third kappa shape index (κ3) is 2.76. The summed E-state index contributed by atoms with van der Waals surface area (Å²) in [5, 5.41) is 3.43. The summed E-state index contributed by atoms with van der Waals surface area (Å²) in [6, 6.07) is 6.61. The molecule has 0 aromatic heterocycles. The normalized spacial score (nSPS) is 23.2. The Hall–Kier alpha value is -1.26. The first-order chi connectivity index (χ1) is 9.80. The third-order valence-corrected chi connectivity index (χ3v) is 4.54. The molecule has 0 radical (unpaired) electrons. The van der Waals surface area contributed by atoms with Crippen LogP contribution in [-0.2, 0) is 0 Å². The van der Waals surface area contributed by atoms with Gasteiger partial charge in [0, 0.05) is 19.1 Å². The van der Waals surface area contributed by atoms with E-state index in [2.05, 4.69) is 29.3 Å². The highest BCUT2D eigenvalue weighted by atomic mass is 16.7. The third-order valence-electron chi connectivity index (χ3n) is 4.54. The first-order valence-corrected chi connectivity index (χ1v) is 7.59. The van der Waals surface area contributed by atoms with Crippen LogP contribution in [0.1, 0.15) is 31.4 Å². The highest BCUT2D eigenvalue weighted by Gasteiger charge is 2.24. The molecule has 1 aromatic rings. The van der Waals surface area contributed by atoms with Gasteiger partial charge in [-0.05, 0) is 43.6 Å². The van der Waals surface area contributed by atoms with Gasteiger partial charge in [0.25, 0.3) is 0 Å². The molecule has 110 valence electrons. The van der Waals surface area contributed by atoms with E-state index in [0.29, 0.717) is 12.8 Å². The van der Waals surface area contributed by atoms with E-state index in [4.69, 9.17) is 9.47 Å². The Labute approximate surface area is 121 Å². The first-order valence-electron chi connectivity index (χ1n) is 7.59. The SMILES string of the molecule is CCC1CCN(CC(NC)c2ccc3c(c2)OCO3)C1. The molecule has 1 N–H and O–H groups in total. The summed E-state index contributed by atoms with van der Waals surface area (Å²) in [5.74, 6) is 2.61. The van der Waals surface area contributed by atoms with Crippen molar-refractivity contribution in [1.82, 2.24) is 10.2 Å². The maximum absolute atomic E-state index is 5.47. The lowest BCUT2D eigenvalue weighted by Crippen LogP contribution is -2.32. The summed E-state index contributed by atoms with van der Waals surface area (Å²) in [7, 11) is 2.03. The smallest absolute Gasteiger partial charge is 0.231 e. The fourth-order valence-corrected chi connectivity index (χ4v) is 3.16. The Kier molecular flexibility index (Phi) is 4.13. The van der Waals surface area contributed by atoms with Gasteiger partial charge in [0.2, 0.25) is 6.79 Å². The van der Waals surface area contributed by atoms with Crippen LogP contribution in [0.4, 0.5) is 0 Å². The number of nitrogens with zero attached hydrogens (tertiary/aromatic N) is 1. The zero-order chi connectivity index (χ0) is 13.9. The Morgan fingerprint density at radius 2 is 2.20 bits per heavy atom. The molecule has 0 amide bonds. The summed E-state index contributed by atoms with van der Waals surface area (Å²) >= 11 is 0. The standard InChI is InChI=1S/C16H24N2O2/c1-3-12-6-7-18(9-12)10-14(17-2)13-4-5-15-16(8-13)20-11-19-15/h4-5,8,12,14,17H,3,6-7,9-11H2,1-2H3. The Morgan fingerprint density at radius 1 is 1.35 bits per heavy atom. The van der Waals surface area contributed by atoms with Gasteiger partial charge in [-0.3, -0.25) is 0 Å². The average Bonchev–Trinajstić information content (AvgIpc) is 3.12. The van der Waals surface area contributed by atoms with Crippen LogP contribution >= 0.6 is 0 Å². The Bertz CT molecular complexity index is 464. The van der Waals surface area contributed by atoms with Crippen molar-refractivity contribution in [3.8, 4) is 11.5 Å². The molecular formula is C16H24N2O2. The molecule has 0 spiro atoms. The second kappa shape index (κ2) is 6.02. The zero-order valence-corrected chi connectivity index (χ0v) is 12.4. The lowest BCUT2D eigenvalue weighted by Gasteiger charge is -2.24. The molecule has 2 aliphatic rings. The van der Waals surface area contributed by atoms with Crippen molar-refractivity contribution in [2.75, 3.05) is 33.5 Å². The van der Waals surface area contributed by atoms with Gasteiger partial charge >= 0.3 is 0 Å². The summed E-state index contributed by atoms with van der Waals surface area (Å²) in [4.78, 5) is 2.57. The molecule has 3 rings (SSSR count). The summed E-state index contributed by atoms with van der Waals surface area (Å²) in [6.45, 7) is 6.15. The molecule has 1 aromatic carbocycles. The van der Waals surface area contributed by atoms with Crippen LogP contribution in [0, 0.1) is 5.92 Å². The van der Waals surface area contributed by atoms with Gasteiger partial charge in [0.15, 0.2) is 11.5 Å². The number of likely N-dealkylation sites (N-methyl/N-ethyl adjacent to an activating group) is 1. The van der Waals surface area contributed by atoms with Crippen molar-refractivity contribution >= 4 is 0 Å². The Morgan fingerprint density at radius 3 is 2.95 bits per heavy atom. The van der Waals surface area contributed by atoms with Crippen molar-refractivity contribution in [2.45, 2.75) is 25.8 Å². The number of rotatable bonds is 5. The zero-order valence-electron chi connectivity index (χ0n) is 12.4. The summed E-state index contributed by atoms with van der Waals surface area (Å²) in [5.41, 5.74) is 1.27. The molecule has 1 saturated heterocycles. The highest BCUT2D eigenvalue weighted by Crippen LogP contribution is 2.34. The fourth-order valence-electron chi connectivity index (χ4n) is 3.16. The molecule has 1 fully saturated rings. The van der Waals surface area contributed by atoms with Crippen LogP contribution < -0.4 is 14.8 Å². The molecule has 0 aliphatic carbocycles. The predicted octanol–water partition coefficient (Wildman–Crippen LogP) is 2.41. The van der Waals surface area contributed by atoms with Crippen molar-refractivity contribution < 1.29 is 9.47 Å². The summed E-state index contributed by atoms with van der Waals surface area (Å²) in [6.07, 6.45) is 2.64. The monoisotopic (exact) mass is 276 g/mol. The van der Waals surface area contributed by atoms with E-state index in [1.54, 1.807) is 0 Å². The van der Waals surface area contributed by atoms with E-state index in [1.807, 2.05) is 13.1 Å². The molecule has 2 aliphatic heterocycles. The number of hydrogen-bond acceptors (Lipinski definition) is 4. The van der Waals surface area contributed by atoms with E-state index in [-0.39, 0.29) is 0 Å². The molecular weight excluding hydrogens is 252 g/mol. The molecule has 0 bridgehead atoms. The van der Waals surface area contributed by atoms with E-state index in [1.165, 1.54) is 31.5 Å². The minimum absolute atomic E-state index is 0.341.